The second-order valence-electron chi connectivity index (χ2n) is 5.80. The maximum Gasteiger partial charge on any atom is 0.123 e. The summed E-state index contributed by atoms with van der Waals surface area (Å²) in [5.41, 5.74) is 3.76. The Morgan fingerprint density at radius 2 is 2.00 bits per heavy atom. The zero-order valence-corrected chi connectivity index (χ0v) is 11.9. The van der Waals surface area contributed by atoms with Gasteiger partial charge >= 0.3 is 0 Å². The van der Waals surface area contributed by atoms with Gasteiger partial charge in [-0.3, -0.25) is 0 Å². The molecular formula is C17H21NO. The Morgan fingerprint density at radius 3 is 2.68 bits per heavy atom. The minimum absolute atomic E-state index is 0.662. The molecular weight excluding hydrogens is 234 g/mol. The van der Waals surface area contributed by atoms with E-state index in [2.05, 4.69) is 56.4 Å². The maximum absolute atomic E-state index is 5.90. The molecule has 19 heavy (non-hydrogen) atoms. The molecule has 3 rings (SSSR count). The molecule has 0 aliphatic heterocycles. The molecule has 1 aliphatic carbocycles. The topological polar surface area (TPSA) is 25.2 Å². The van der Waals surface area contributed by atoms with E-state index >= 15 is 0 Å². The van der Waals surface area contributed by atoms with Gasteiger partial charge in [-0.2, -0.15) is 0 Å². The summed E-state index contributed by atoms with van der Waals surface area (Å²) in [6.07, 6.45) is 1.28. The summed E-state index contributed by atoms with van der Waals surface area (Å²) in [7, 11) is 0. The Kier molecular flexibility index (Phi) is 3.09. The van der Waals surface area contributed by atoms with Crippen LogP contribution in [0.4, 0.5) is 5.69 Å². The van der Waals surface area contributed by atoms with E-state index in [4.69, 9.17) is 4.42 Å². The first-order valence-electron chi connectivity index (χ1n) is 7.03. The number of hydrogen-bond acceptors (Lipinski definition) is 2. The molecule has 0 radical (unpaired) electrons. The molecule has 0 spiro atoms. The van der Waals surface area contributed by atoms with Gasteiger partial charge in [0, 0.05) is 11.6 Å². The van der Waals surface area contributed by atoms with Gasteiger partial charge in [0.2, 0.25) is 0 Å². The molecule has 2 atom stereocenters. The SMILES string of the molecule is Cc1ccc(NCc2ccc(C3CC3C)o2)c(C)c1. The number of anilines is 1. The lowest BCUT2D eigenvalue weighted by Crippen LogP contribution is -2.00. The molecule has 0 bridgehead atoms. The van der Waals surface area contributed by atoms with E-state index in [0.717, 1.165) is 24.0 Å². The van der Waals surface area contributed by atoms with Crippen LogP contribution in [0.15, 0.2) is 34.7 Å². The van der Waals surface area contributed by atoms with Gasteiger partial charge in [-0.25, -0.2) is 0 Å². The fraction of sp³-hybridized carbons (Fsp3) is 0.412. The van der Waals surface area contributed by atoms with Crippen molar-refractivity contribution in [2.24, 2.45) is 5.92 Å². The number of furan rings is 1. The van der Waals surface area contributed by atoms with Gasteiger partial charge in [0.15, 0.2) is 0 Å². The molecule has 100 valence electrons. The largest absolute Gasteiger partial charge is 0.464 e. The highest BCUT2D eigenvalue weighted by atomic mass is 16.3. The minimum atomic E-state index is 0.662. The van der Waals surface area contributed by atoms with E-state index in [1.165, 1.54) is 23.2 Å². The molecule has 1 aromatic carbocycles. The normalized spacial score (nSPS) is 21.4. The van der Waals surface area contributed by atoms with Crippen LogP contribution in [0.25, 0.3) is 0 Å². The third-order valence-corrected chi connectivity index (χ3v) is 3.99. The second-order valence-corrected chi connectivity index (χ2v) is 5.80. The monoisotopic (exact) mass is 255 g/mol. The van der Waals surface area contributed by atoms with Crippen molar-refractivity contribution in [3.63, 3.8) is 0 Å². The Bertz CT molecular complexity index is 585. The van der Waals surface area contributed by atoms with Crippen LogP contribution in [0.5, 0.6) is 0 Å². The number of benzene rings is 1. The lowest BCUT2D eigenvalue weighted by Gasteiger charge is -2.08. The highest BCUT2D eigenvalue weighted by molar-refractivity contribution is 5.51. The van der Waals surface area contributed by atoms with Crippen molar-refractivity contribution in [3.8, 4) is 0 Å². The molecule has 1 aliphatic rings. The zero-order valence-electron chi connectivity index (χ0n) is 11.9. The summed E-state index contributed by atoms with van der Waals surface area (Å²) in [5.74, 6) is 3.64. The third kappa shape index (κ3) is 2.67. The summed E-state index contributed by atoms with van der Waals surface area (Å²) >= 11 is 0. The zero-order chi connectivity index (χ0) is 13.4. The van der Waals surface area contributed by atoms with Crippen molar-refractivity contribution >= 4 is 5.69 Å². The van der Waals surface area contributed by atoms with Crippen molar-refractivity contribution in [1.82, 2.24) is 0 Å². The molecule has 1 heterocycles. The standard InChI is InChI=1S/C17H21NO/c1-11-4-6-16(13(3)8-11)18-10-14-5-7-17(19-14)15-9-12(15)2/h4-8,12,15,18H,9-10H2,1-3H3. The minimum Gasteiger partial charge on any atom is -0.464 e. The summed E-state index contributed by atoms with van der Waals surface area (Å²) in [5, 5.41) is 3.45. The van der Waals surface area contributed by atoms with E-state index in [-0.39, 0.29) is 0 Å². The predicted molar refractivity (Wildman–Crippen MR) is 78.5 cm³/mol. The fourth-order valence-corrected chi connectivity index (χ4v) is 2.60. The van der Waals surface area contributed by atoms with Gasteiger partial charge in [-0.05, 0) is 49.9 Å². The third-order valence-electron chi connectivity index (χ3n) is 3.99. The average Bonchev–Trinajstić information content (AvgIpc) is 2.91. The van der Waals surface area contributed by atoms with E-state index in [1.54, 1.807) is 0 Å². The molecule has 1 saturated carbocycles. The first-order chi connectivity index (χ1) is 9.13. The molecule has 2 nitrogen and oxygen atoms in total. The predicted octanol–water partition coefficient (Wildman–Crippen LogP) is 4.63. The molecule has 2 aromatic rings. The number of hydrogen-bond donors (Lipinski definition) is 1. The van der Waals surface area contributed by atoms with Crippen LogP contribution in [0.3, 0.4) is 0 Å². The Hall–Kier alpha value is -1.70. The van der Waals surface area contributed by atoms with Crippen LogP contribution in [0.1, 0.15) is 41.9 Å². The van der Waals surface area contributed by atoms with Crippen LogP contribution in [-0.4, -0.2) is 0 Å². The average molecular weight is 255 g/mol. The van der Waals surface area contributed by atoms with Gasteiger partial charge in [0.1, 0.15) is 11.5 Å². The molecule has 1 N–H and O–H groups in total. The fourth-order valence-electron chi connectivity index (χ4n) is 2.60. The van der Waals surface area contributed by atoms with Gasteiger partial charge in [0.25, 0.3) is 0 Å². The first kappa shape index (κ1) is 12.3. The summed E-state index contributed by atoms with van der Waals surface area (Å²) in [6, 6.07) is 10.7. The van der Waals surface area contributed by atoms with Gasteiger partial charge < -0.3 is 9.73 Å². The quantitative estimate of drug-likeness (QED) is 0.861. The van der Waals surface area contributed by atoms with Crippen LogP contribution in [-0.2, 0) is 6.54 Å². The van der Waals surface area contributed by atoms with Crippen LogP contribution in [0, 0.1) is 19.8 Å². The van der Waals surface area contributed by atoms with Gasteiger partial charge in [-0.1, -0.05) is 24.6 Å². The number of rotatable bonds is 4. The lowest BCUT2D eigenvalue weighted by molar-refractivity contribution is 0.468. The number of aryl methyl sites for hydroxylation is 2. The molecule has 2 unspecified atom stereocenters. The van der Waals surface area contributed by atoms with Gasteiger partial charge in [-0.15, -0.1) is 0 Å². The summed E-state index contributed by atoms with van der Waals surface area (Å²) in [6.45, 7) is 7.28. The van der Waals surface area contributed by atoms with Crippen molar-refractivity contribution in [2.45, 2.75) is 39.7 Å². The Labute approximate surface area is 114 Å². The Morgan fingerprint density at radius 1 is 1.21 bits per heavy atom. The molecule has 2 heteroatoms. The summed E-state index contributed by atoms with van der Waals surface area (Å²) < 4.78 is 5.90. The van der Waals surface area contributed by atoms with Crippen LogP contribution >= 0.6 is 0 Å². The van der Waals surface area contributed by atoms with Crippen LogP contribution in [0.2, 0.25) is 0 Å². The van der Waals surface area contributed by atoms with E-state index < -0.39 is 0 Å². The van der Waals surface area contributed by atoms with E-state index in [9.17, 15) is 0 Å². The van der Waals surface area contributed by atoms with Crippen molar-refractivity contribution in [3.05, 3.63) is 53.0 Å². The maximum atomic E-state index is 5.90. The highest BCUT2D eigenvalue weighted by Crippen LogP contribution is 2.47. The lowest BCUT2D eigenvalue weighted by atomic mass is 10.1. The van der Waals surface area contributed by atoms with Crippen LogP contribution < -0.4 is 5.32 Å². The highest BCUT2D eigenvalue weighted by Gasteiger charge is 2.36. The van der Waals surface area contributed by atoms with Crippen molar-refractivity contribution < 1.29 is 4.42 Å². The Balaban J connectivity index is 1.64. The first-order valence-corrected chi connectivity index (χ1v) is 7.03. The number of nitrogens with one attached hydrogen (secondary N) is 1. The molecule has 0 amide bonds. The van der Waals surface area contributed by atoms with E-state index in [0.29, 0.717) is 5.92 Å². The van der Waals surface area contributed by atoms with E-state index in [1.807, 2.05) is 0 Å². The van der Waals surface area contributed by atoms with Gasteiger partial charge in [0.05, 0.1) is 6.54 Å². The molecule has 1 aromatic heterocycles. The smallest absolute Gasteiger partial charge is 0.123 e. The van der Waals surface area contributed by atoms with Crippen molar-refractivity contribution in [1.29, 1.82) is 0 Å². The molecule has 0 saturated heterocycles. The summed E-state index contributed by atoms with van der Waals surface area (Å²) in [4.78, 5) is 0. The van der Waals surface area contributed by atoms with Crippen molar-refractivity contribution in [2.75, 3.05) is 5.32 Å². The molecule has 1 fully saturated rings. The second kappa shape index (κ2) is 4.76.